The van der Waals surface area contributed by atoms with Gasteiger partial charge in [-0.05, 0) is 43.7 Å². The third-order valence-electron chi connectivity index (χ3n) is 5.81. The molecule has 2 heterocycles. The predicted molar refractivity (Wildman–Crippen MR) is 142 cm³/mol. The molecular formula is C27H26N6O2S. The number of anilines is 1. The monoisotopic (exact) mass is 498 g/mol. The molecule has 1 amide bonds. The molecule has 8 nitrogen and oxygen atoms in total. The number of thioether (sulfide) groups is 1. The minimum absolute atomic E-state index is 0.0874. The first-order valence-electron chi connectivity index (χ1n) is 11.3. The zero-order valence-corrected chi connectivity index (χ0v) is 21.2. The van der Waals surface area contributed by atoms with Crippen LogP contribution in [0, 0.1) is 25.2 Å². The van der Waals surface area contributed by atoms with Gasteiger partial charge < -0.3 is 10.1 Å². The molecular weight excluding hydrogens is 472 g/mol. The van der Waals surface area contributed by atoms with Crippen molar-refractivity contribution in [2.24, 2.45) is 0 Å². The summed E-state index contributed by atoms with van der Waals surface area (Å²) in [6, 6.07) is 19.5. The number of nitrogens with zero attached hydrogens (tertiary/aromatic N) is 5. The highest BCUT2D eigenvalue weighted by atomic mass is 32.2. The van der Waals surface area contributed by atoms with Crippen molar-refractivity contribution in [3.63, 3.8) is 0 Å². The zero-order chi connectivity index (χ0) is 25.7. The molecule has 2 aromatic heterocycles. The topological polar surface area (TPSA) is 97.8 Å². The summed E-state index contributed by atoms with van der Waals surface area (Å²) in [4.78, 5) is 13.1. The highest BCUT2D eigenvalue weighted by Gasteiger charge is 2.22. The van der Waals surface area contributed by atoms with Gasteiger partial charge in [-0.2, -0.15) is 5.26 Å². The molecule has 4 rings (SSSR count). The number of ether oxygens (including phenoxy) is 1. The third-order valence-corrected chi connectivity index (χ3v) is 6.77. The van der Waals surface area contributed by atoms with Crippen LogP contribution in [-0.4, -0.2) is 38.1 Å². The van der Waals surface area contributed by atoms with Gasteiger partial charge in [0, 0.05) is 17.9 Å². The molecule has 36 heavy (non-hydrogen) atoms. The van der Waals surface area contributed by atoms with Crippen LogP contribution in [0.5, 0.6) is 5.75 Å². The van der Waals surface area contributed by atoms with Crippen molar-refractivity contribution in [1.29, 1.82) is 5.26 Å². The number of carbonyl (C=O) groups excluding carboxylic acids is 1. The lowest BCUT2D eigenvalue weighted by molar-refractivity contribution is -0.113. The Kier molecular flexibility index (Phi) is 7.56. The van der Waals surface area contributed by atoms with Crippen molar-refractivity contribution in [1.82, 2.24) is 19.3 Å². The van der Waals surface area contributed by atoms with Gasteiger partial charge in [0.15, 0.2) is 11.0 Å². The summed E-state index contributed by atoms with van der Waals surface area (Å²) >= 11 is 1.27. The highest BCUT2D eigenvalue weighted by Crippen LogP contribution is 2.32. The number of rotatable bonds is 9. The molecule has 4 aromatic rings. The maximum Gasteiger partial charge on any atom is 0.236 e. The van der Waals surface area contributed by atoms with E-state index in [9.17, 15) is 10.1 Å². The Morgan fingerprint density at radius 2 is 1.89 bits per heavy atom. The fraction of sp³-hybridized carbons (Fsp3) is 0.185. The number of aromatic nitrogens is 4. The molecule has 182 valence electrons. The van der Waals surface area contributed by atoms with E-state index in [1.165, 1.54) is 11.8 Å². The van der Waals surface area contributed by atoms with Gasteiger partial charge in [0.05, 0.1) is 24.0 Å². The van der Waals surface area contributed by atoms with E-state index >= 15 is 0 Å². The van der Waals surface area contributed by atoms with Crippen LogP contribution in [0.15, 0.2) is 72.4 Å². The zero-order valence-electron chi connectivity index (χ0n) is 20.4. The van der Waals surface area contributed by atoms with Gasteiger partial charge in [-0.1, -0.05) is 48.2 Å². The number of para-hydroxylation sites is 2. The Bertz CT molecular complexity index is 1450. The molecule has 1 N–H and O–H groups in total. The maximum atomic E-state index is 13.1. The van der Waals surface area contributed by atoms with Gasteiger partial charge in [0.25, 0.3) is 0 Å². The molecule has 0 atom stereocenters. The van der Waals surface area contributed by atoms with E-state index in [1.54, 1.807) is 13.2 Å². The molecule has 0 spiro atoms. The normalized spacial score (nSPS) is 10.6. The van der Waals surface area contributed by atoms with Gasteiger partial charge >= 0.3 is 0 Å². The van der Waals surface area contributed by atoms with Crippen molar-refractivity contribution in [3.05, 3.63) is 84.1 Å². The summed E-state index contributed by atoms with van der Waals surface area (Å²) in [6.07, 6.45) is 1.75. The number of benzene rings is 2. The van der Waals surface area contributed by atoms with E-state index in [0.717, 1.165) is 22.5 Å². The van der Waals surface area contributed by atoms with Gasteiger partial charge in [-0.15, -0.1) is 16.8 Å². The van der Waals surface area contributed by atoms with Crippen molar-refractivity contribution in [3.8, 4) is 28.9 Å². The van der Waals surface area contributed by atoms with Gasteiger partial charge in [0.2, 0.25) is 5.91 Å². The lowest BCUT2D eigenvalue weighted by Gasteiger charge is -2.13. The van der Waals surface area contributed by atoms with E-state index in [2.05, 4.69) is 28.2 Å². The Morgan fingerprint density at radius 3 is 2.58 bits per heavy atom. The number of methoxy groups -OCH3 is 1. The first kappa shape index (κ1) is 24.8. The second kappa shape index (κ2) is 11.0. The Morgan fingerprint density at radius 1 is 1.17 bits per heavy atom. The Hall–Kier alpha value is -4.29. The summed E-state index contributed by atoms with van der Waals surface area (Å²) in [5.41, 5.74) is 3.85. The molecule has 0 radical (unpaired) electrons. The molecule has 9 heteroatoms. The fourth-order valence-corrected chi connectivity index (χ4v) is 4.72. The van der Waals surface area contributed by atoms with Crippen LogP contribution < -0.4 is 10.1 Å². The second-order valence-corrected chi connectivity index (χ2v) is 8.90. The second-order valence-electron chi connectivity index (χ2n) is 7.96. The van der Waals surface area contributed by atoms with Crippen LogP contribution in [0.25, 0.3) is 17.1 Å². The van der Waals surface area contributed by atoms with Crippen molar-refractivity contribution in [2.75, 3.05) is 18.2 Å². The summed E-state index contributed by atoms with van der Waals surface area (Å²) in [7, 11) is 1.61. The summed E-state index contributed by atoms with van der Waals surface area (Å²) in [6.45, 7) is 8.13. The van der Waals surface area contributed by atoms with Crippen molar-refractivity contribution >= 4 is 23.5 Å². The standard InChI is InChI=1S/C27H26N6O2S/c1-5-15-32-26(21-13-9-10-14-23(21)35-4)30-31-27(32)36-17-24(34)29-25-22(16-28)18(2)19(3)33(25)20-11-7-6-8-12-20/h5-14H,1,15,17H2,2-4H3,(H,29,34). The minimum Gasteiger partial charge on any atom is -0.496 e. The van der Waals surface area contributed by atoms with Crippen LogP contribution in [0.1, 0.15) is 16.8 Å². The number of nitrogens with one attached hydrogen (secondary N) is 1. The van der Waals surface area contributed by atoms with Crippen LogP contribution in [0.3, 0.4) is 0 Å². The predicted octanol–water partition coefficient (Wildman–Crippen LogP) is 5.15. The molecule has 0 fully saturated rings. The molecule has 0 aliphatic carbocycles. The third kappa shape index (κ3) is 4.76. The largest absolute Gasteiger partial charge is 0.496 e. The minimum atomic E-state index is -0.252. The van der Waals surface area contributed by atoms with Crippen LogP contribution in [-0.2, 0) is 11.3 Å². The quantitative estimate of drug-likeness (QED) is 0.253. The number of amides is 1. The number of hydrogen-bond acceptors (Lipinski definition) is 6. The van der Waals surface area contributed by atoms with Crippen LogP contribution in [0.4, 0.5) is 5.82 Å². The first-order valence-corrected chi connectivity index (χ1v) is 12.3. The first-order chi connectivity index (χ1) is 17.5. The summed E-state index contributed by atoms with van der Waals surface area (Å²) < 4.78 is 9.27. The lowest BCUT2D eigenvalue weighted by Crippen LogP contribution is -2.18. The fourth-order valence-electron chi connectivity index (χ4n) is 3.98. The molecule has 0 saturated heterocycles. The lowest BCUT2D eigenvalue weighted by atomic mass is 10.2. The molecule has 0 aliphatic rings. The molecule has 0 unspecified atom stereocenters. The number of allylic oxidation sites excluding steroid dienone is 1. The Balaban J connectivity index is 1.59. The van der Waals surface area contributed by atoms with E-state index < -0.39 is 0 Å². The average Bonchev–Trinajstić information content (AvgIpc) is 3.40. The van der Waals surface area contributed by atoms with E-state index in [0.29, 0.717) is 34.7 Å². The highest BCUT2D eigenvalue weighted by molar-refractivity contribution is 7.99. The van der Waals surface area contributed by atoms with E-state index in [1.807, 2.05) is 77.6 Å². The van der Waals surface area contributed by atoms with Gasteiger partial charge in [-0.3, -0.25) is 13.9 Å². The van der Waals surface area contributed by atoms with E-state index in [4.69, 9.17) is 4.74 Å². The average molecular weight is 499 g/mol. The van der Waals surface area contributed by atoms with Gasteiger partial charge in [-0.25, -0.2) is 0 Å². The molecule has 2 aromatic carbocycles. The Labute approximate surface area is 214 Å². The van der Waals surface area contributed by atoms with E-state index in [-0.39, 0.29) is 11.7 Å². The van der Waals surface area contributed by atoms with Crippen molar-refractivity contribution in [2.45, 2.75) is 25.5 Å². The summed E-state index contributed by atoms with van der Waals surface area (Å²) in [5, 5.41) is 22.0. The number of nitriles is 1. The smallest absolute Gasteiger partial charge is 0.236 e. The van der Waals surface area contributed by atoms with Gasteiger partial charge in [0.1, 0.15) is 17.6 Å². The summed E-state index contributed by atoms with van der Waals surface area (Å²) in [5.74, 6) is 1.61. The number of carbonyl (C=O) groups is 1. The SMILES string of the molecule is C=CCn1c(SCC(=O)Nc2c(C#N)c(C)c(C)n2-c2ccccc2)nnc1-c1ccccc1OC. The molecule has 0 aliphatic heterocycles. The van der Waals surface area contributed by atoms with Crippen LogP contribution >= 0.6 is 11.8 Å². The van der Waals surface area contributed by atoms with Crippen LogP contribution in [0.2, 0.25) is 0 Å². The van der Waals surface area contributed by atoms with Crippen molar-refractivity contribution < 1.29 is 9.53 Å². The molecule has 0 saturated carbocycles. The maximum absolute atomic E-state index is 13.1. The number of hydrogen-bond donors (Lipinski definition) is 1. The molecule has 0 bridgehead atoms.